The first-order valence-corrected chi connectivity index (χ1v) is 7.72. The molecule has 1 aromatic carbocycles. The molecule has 0 bridgehead atoms. The van der Waals surface area contributed by atoms with Gasteiger partial charge in [0.1, 0.15) is 0 Å². The molecule has 0 aliphatic carbocycles. The summed E-state index contributed by atoms with van der Waals surface area (Å²) in [6, 6.07) is 14.6. The summed E-state index contributed by atoms with van der Waals surface area (Å²) in [7, 11) is 0. The zero-order chi connectivity index (χ0) is 14.4. The normalized spacial score (nSPS) is 11.7. The van der Waals surface area contributed by atoms with Gasteiger partial charge >= 0.3 is 0 Å². The smallest absolute Gasteiger partial charge is 0.167 e. The summed E-state index contributed by atoms with van der Waals surface area (Å²) in [4.78, 5) is 1.25. The molecule has 0 aliphatic rings. The molecule has 0 saturated heterocycles. The average Bonchev–Trinajstić information content (AvgIpc) is 2.97. The molecule has 20 heavy (non-hydrogen) atoms. The third-order valence-electron chi connectivity index (χ3n) is 2.79. The van der Waals surface area contributed by atoms with Crippen molar-refractivity contribution in [3.05, 3.63) is 70.4 Å². The van der Waals surface area contributed by atoms with Crippen LogP contribution in [0.4, 0.5) is 0 Å². The largest absolute Gasteiger partial charge is 0.359 e. The zero-order valence-electron chi connectivity index (χ0n) is 11.4. The van der Waals surface area contributed by atoms with Gasteiger partial charge in [-0.2, -0.15) is 0 Å². The SMILES string of the molecule is C=C(C)CNC(=S)N[C@H](c1ccccc1)c1cccs1. The summed E-state index contributed by atoms with van der Waals surface area (Å²) in [5.41, 5.74) is 2.26. The Balaban J connectivity index is 2.12. The van der Waals surface area contributed by atoms with Crippen LogP contribution >= 0.6 is 23.6 Å². The molecule has 1 aromatic heterocycles. The van der Waals surface area contributed by atoms with E-state index in [-0.39, 0.29) is 6.04 Å². The van der Waals surface area contributed by atoms with Crippen LogP contribution in [0.15, 0.2) is 60.0 Å². The fourth-order valence-electron chi connectivity index (χ4n) is 1.83. The fourth-order valence-corrected chi connectivity index (χ4v) is 2.83. The highest BCUT2D eigenvalue weighted by molar-refractivity contribution is 7.80. The minimum atomic E-state index is 0.0846. The Hall–Kier alpha value is -1.65. The predicted molar refractivity (Wildman–Crippen MR) is 91.2 cm³/mol. The molecule has 0 aliphatic heterocycles. The maximum absolute atomic E-state index is 5.36. The first-order chi connectivity index (χ1) is 9.66. The van der Waals surface area contributed by atoms with E-state index in [0.29, 0.717) is 11.7 Å². The van der Waals surface area contributed by atoms with Crippen LogP contribution < -0.4 is 10.6 Å². The monoisotopic (exact) mass is 302 g/mol. The molecular formula is C16H18N2S2. The molecule has 0 radical (unpaired) electrons. The van der Waals surface area contributed by atoms with Crippen molar-refractivity contribution in [2.24, 2.45) is 0 Å². The molecule has 4 heteroatoms. The second kappa shape index (κ2) is 7.22. The molecule has 2 rings (SSSR count). The lowest BCUT2D eigenvalue weighted by molar-refractivity contribution is 0.757. The Morgan fingerprint density at radius 3 is 2.60 bits per heavy atom. The minimum absolute atomic E-state index is 0.0846. The Morgan fingerprint density at radius 1 is 1.25 bits per heavy atom. The van der Waals surface area contributed by atoms with E-state index in [0.717, 1.165) is 5.57 Å². The van der Waals surface area contributed by atoms with E-state index in [4.69, 9.17) is 12.2 Å². The molecule has 2 nitrogen and oxygen atoms in total. The van der Waals surface area contributed by atoms with Gasteiger partial charge in [-0.15, -0.1) is 11.3 Å². The van der Waals surface area contributed by atoms with Crippen molar-refractivity contribution >= 4 is 28.7 Å². The topological polar surface area (TPSA) is 24.1 Å². The van der Waals surface area contributed by atoms with Gasteiger partial charge in [0.25, 0.3) is 0 Å². The molecule has 0 spiro atoms. The van der Waals surface area contributed by atoms with Crippen molar-refractivity contribution in [1.29, 1.82) is 0 Å². The van der Waals surface area contributed by atoms with Gasteiger partial charge in [-0.1, -0.05) is 48.6 Å². The first-order valence-electron chi connectivity index (χ1n) is 6.44. The van der Waals surface area contributed by atoms with Crippen molar-refractivity contribution in [1.82, 2.24) is 10.6 Å². The van der Waals surface area contributed by atoms with Gasteiger partial charge in [0.2, 0.25) is 0 Å². The zero-order valence-corrected chi connectivity index (χ0v) is 13.1. The first kappa shape index (κ1) is 14.8. The summed E-state index contributed by atoms with van der Waals surface area (Å²) in [6.07, 6.45) is 0. The third kappa shape index (κ3) is 4.18. The molecule has 2 aromatic rings. The van der Waals surface area contributed by atoms with E-state index in [9.17, 15) is 0 Å². The summed E-state index contributed by atoms with van der Waals surface area (Å²) in [5.74, 6) is 0. The minimum Gasteiger partial charge on any atom is -0.359 e. The molecule has 1 atom stereocenters. The third-order valence-corrected chi connectivity index (χ3v) is 3.99. The molecule has 0 amide bonds. The average molecular weight is 302 g/mol. The van der Waals surface area contributed by atoms with Crippen LogP contribution in [-0.4, -0.2) is 11.7 Å². The molecule has 1 heterocycles. The Bertz CT molecular complexity index is 561. The molecule has 0 unspecified atom stereocenters. The lowest BCUT2D eigenvalue weighted by atomic mass is 10.1. The molecular weight excluding hydrogens is 284 g/mol. The molecule has 2 N–H and O–H groups in total. The summed E-state index contributed by atoms with van der Waals surface area (Å²) < 4.78 is 0. The lowest BCUT2D eigenvalue weighted by Crippen LogP contribution is -2.38. The van der Waals surface area contributed by atoms with Crippen LogP contribution in [0.1, 0.15) is 23.4 Å². The highest BCUT2D eigenvalue weighted by atomic mass is 32.1. The molecule has 0 saturated carbocycles. The van der Waals surface area contributed by atoms with E-state index in [1.54, 1.807) is 11.3 Å². The fraction of sp³-hybridized carbons (Fsp3) is 0.188. The summed E-state index contributed by atoms with van der Waals surface area (Å²) in [6.45, 7) is 6.53. The van der Waals surface area contributed by atoms with Gasteiger partial charge < -0.3 is 10.6 Å². The van der Waals surface area contributed by atoms with Gasteiger partial charge in [0.15, 0.2) is 5.11 Å². The van der Waals surface area contributed by atoms with Crippen molar-refractivity contribution in [3.8, 4) is 0 Å². The Morgan fingerprint density at radius 2 is 2.00 bits per heavy atom. The number of hydrogen-bond donors (Lipinski definition) is 2. The number of hydrogen-bond acceptors (Lipinski definition) is 2. The van der Waals surface area contributed by atoms with Crippen LogP contribution in [0.3, 0.4) is 0 Å². The highest BCUT2D eigenvalue weighted by Gasteiger charge is 2.15. The highest BCUT2D eigenvalue weighted by Crippen LogP contribution is 2.25. The number of nitrogens with one attached hydrogen (secondary N) is 2. The summed E-state index contributed by atoms with van der Waals surface area (Å²) in [5, 5.41) is 9.28. The summed E-state index contributed by atoms with van der Waals surface area (Å²) >= 11 is 7.09. The number of thiophene rings is 1. The number of rotatable bonds is 5. The van der Waals surface area contributed by atoms with Crippen molar-refractivity contribution < 1.29 is 0 Å². The van der Waals surface area contributed by atoms with Crippen molar-refractivity contribution in [3.63, 3.8) is 0 Å². The molecule has 104 valence electrons. The number of thiocarbonyl (C=S) groups is 1. The van der Waals surface area contributed by atoms with Crippen LogP contribution in [0.5, 0.6) is 0 Å². The van der Waals surface area contributed by atoms with E-state index in [2.05, 4.69) is 46.9 Å². The van der Waals surface area contributed by atoms with E-state index >= 15 is 0 Å². The van der Waals surface area contributed by atoms with Crippen molar-refractivity contribution in [2.45, 2.75) is 13.0 Å². The Kier molecular flexibility index (Phi) is 5.32. The van der Waals surface area contributed by atoms with Crippen LogP contribution in [0.25, 0.3) is 0 Å². The van der Waals surface area contributed by atoms with Gasteiger partial charge in [-0.05, 0) is 36.2 Å². The predicted octanol–water partition coefficient (Wildman–Crippen LogP) is 3.88. The lowest BCUT2D eigenvalue weighted by Gasteiger charge is -2.20. The Labute approximate surface area is 129 Å². The second-order valence-electron chi connectivity index (χ2n) is 4.64. The second-order valence-corrected chi connectivity index (χ2v) is 6.03. The van der Waals surface area contributed by atoms with E-state index in [1.165, 1.54) is 10.4 Å². The number of benzene rings is 1. The van der Waals surface area contributed by atoms with Gasteiger partial charge in [0, 0.05) is 11.4 Å². The van der Waals surface area contributed by atoms with E-state index in [1.807, 2.05) is 25.1 Å². The molecule has 0 fully saturated rings. The van der Waals surface area contributed by atoms with E-state index < -0.39 is 0 Å². The van der Waals surface area contributed by atoms with Gasteiger partial charge in [-0.25, -0.2) is 0 Å². The van der Waals surface area contributed by atoms with Gasteiger partial charge in [-0.3, -0.25) is 0 Å². The maximum Gasteiger partial charge on any atom is 0.167 e. The quantitative estimate of drug-likeness (QED) is 0.647. The maximum atomic E-state index is 5.36. The van der Waals surface area contributed by atoms with Crippen LogP contribution in [-0.2, 0) is 0 Å². The van der Waals surface area contributed by atoms with Gasteiger partial charge in [0.05, 0.1) is 6.04 Å². The van der Waals surface area contributed by atoms with Crippen LogP contribution in [0, 0.1) is 0 Å². The van der Waals surface area contributed by atoms with Crippen molar-refractivity contribution in [2.75, 3.05) is 6.54 Å². The standard InChI is InChI=1S/C16H18N2S2/c1-12(2)11-17-16(19)18-15(14-9-6-10-20-14)13-7-4-3-5-8-13/h3-10,15H,1,11H2,2H3,(H2,17,18,19)/t15-/m1/s1. The van der Waals surface area contributed by atoms with Crippen LogP contribution in [0.2, 0.25) is 0 Å².